The lowest BCUT2D eigenvalue weighted by molar-refractivity contribution is -0.0201. The molecule has 0 bridgehead atoms. The predicted molar refractivity (Wildman–Crippen MR) is 98.7 cm³/mol. The molecule has 0 aliphatic carbocycles. The first kappa shape index (κ1) is 25.6. The molecule has 0 saturated heterocycles. The van der Waals surface area contributed by atoms with Crippen LogP contribution >= 0.6 is 0 Å². The molecule has 0 aromatic heterocycles. The van der Waals surface area contributed by atoms with Crippen molar-refractivity contribution < 1.29 is 33.2 Å². The molecule has 0 unspecified atom stereocenters. The Morgan fingerprint density at radius 2 is 0.731 bits per heavy atom. The number of hydrogen-bond donors (Lipinski definition) is 2. The largest absolute Gasteiger partial charge is 0.378 e. The van der Waals surface area contributed by atoms with Crippen LogP contribution < -0.4 is 11.1 Å². The van der Waals surface area contributed by atoms with Crippen molar-refractivity contribution in [2.45, 2.75) is 0 Å². The van der Waals surface area contributed by atoms with E-state index in [9.17, 15) is 0 Å². The van der Waals surface area contributed by atoms with Crippen LogP contribution in [0.2, 0.25) is 0 Å². The van der Waals surface area contributed by atoms with Gasteiger partial charge in [0.2, 0.25) is 0 Å². The average Bonchev–Trinajstić information content (AvgIpc) is 2.66. The normalized spacial score (nSPS) is 11.3. The Balaban J connectivity index is 2.95. The molecule has 0 rings (SSSR count). The topological polar surface area (TPSA) is 103 Å². The van der Waals surface area contributed by atoms with Gasteiger partial charge in [0.15, 0.2) is 0 Å². The van der Waals surface area contributed by atoms with Crippen LogP contribution in [0.3, 0.4) is 0 Å². The van der Waals surface area contributed by atoms with E-state index in [4.69, 9.17) is 38.9 Å². The number of nitrogens with one attached hydrogen (secondary N) is 1. The van der Waals surface area contributed by atoms with Crippen LogP contribution in [0.5, 0.6) is 0 Å². The maximum Gasteiger partial charge on any atom is 0.0701 e. The molecule has 0 amide bonds. The van der Waals surface area contributed by atoms with Gasteiger partial charge < -0.3 is 44.2 Å². The molecule has 9 heteroatoms. The van der Waals surface area contributed by atoms with Gasteiger partial charge in [0.05, 0.1) is 92.5 Å². The quantitative estimate of drug-likeness (QED) is 0.222. The Morgan fingerprint density at radius 3 is 1.00 bits per heavy atom. The number of likely N-dealkylation sites (N-methyl/N-ethyl adjacent to an activating group) is 1. The van der Waals surface area contributed by atoms with Gasteiger partial charge in [0.25, 0.3) is 0 Å². The van der Waals surface area contributed by atoms with E-state index >= 15 is 0 Å². The summed E-state index contributed by atoms with van der Waals surface area (Å²) in [5.41, 5.74) is 5.30. The Labute approximate surface area is 157 Å². The van der Waals surface area contributed by atoms with Crippen LogP contribution in [0, 0.1) is 0 Å². The Bertz CT molecular complexity index is 227. The summed E-state index contributed by atoms with van der Waals surface area (Å²) in [4.78, 5) is 0. The van der Waals surface area contributed by atoms with E-state index in [0.717, 1.165) is 6.54 Å². The highest BCUT2D eigenvalue weighted by atomic mass is 16.6. The van der Waals surface area contributed by atoms with E-state index < -0.39 is 0 Å². The molecule has 26 heavy (non-hydrogen) atoms. The molecule has 0 aromatic carbocycles. The van der Waals surface area contributed by atoms with Crippen molar-refractivity contribution in [3.05, 3.63) is 0 Å². The molecule has 0 spiro atoms. The second-order valence-electron chi connectivity index (χ2n) is 5.18. The van der Waals surface area contributed by atoms with Gasteiger partial charge in [-0.3, -0.25) is 0 Å². The lowest BCUT2D eigenvalue weighted by atomic mass is 10.6. The molecular weight excluding hydrogens is 344 g/mol. The Morgan fingerprint density at radius 1 is 0.462 bits per heavy atom. The average molecular weight is 382 g/mol. The SMILES string of the molecule is CNCCOCCOCCOCCOCCOCCOCCOCCN. The standard InChI is InChI=1S/C17H38N2O7/c1-19-3-5-21-7-9-23-11-13-25-15-17-26-16-14-24-12-10-22-8-6-20-4-2-18/h19H,2-18H2,1H3. The molecule has 158 valence electrons. The Hall–Kier alpha value is -0.360. The highest BCUT2D eigenvalue weighted by molar-refractivity contribution is 4.38. The van der Waals surface area contributed by atoms with Crippen molar-refractivity contribution in [3.63, 3.8) is 0 Å². The molecule has 0 aliphatic rings. The summed E-state index contributed by atoms with van der Waals surface area (Å²) < 4.78 is 37.4. The Kier molecular flexibility index (Phi) is 24.3. The fourth-order valence-electron chi connectivity index (χ4n) is 1.68. The van der Waals surface area contributed by atoms with Crippen molar-refractivity contribution in [1.82, 2.24) is 5.32 Å². The number of nitrogens with two attached hydrogens (primary N) is 1. The molecule has 0 atom stereocenters. The van der Waals surface area contributed by atoms with E-state index in [1.54, 1.807) is 0 Å². The van der Waals surface area contributed by atoms with Crippen molar-refractivity contribution in [1.29, 1.82) is 0 Å². The lowest BCUT2D eigenvalue weighted by Crippen LogP contribution is -2.17. The summed E-state index contributed by atoms with van der Waals surface area (Å²) in [6.45, 7) is 9.40. The monoisotopic (exact) mass is 382 g/mol. The maximum absolute atomic E-state index is 5.40. The molecule has 0 aromatic rings. The fraction of sp³-hybridized carbons (Fsp3) is 1.00. The number of ether oxygens (including phenoxy) is 7. The number of rotatable bonds is 23. The van der Waals surface area contributed by atoms with E-state index in [1.807, 2.05) is 7.05 Å². The van der Waals surface area contributed by atoms with Crippen LogP contribution in [0.25, 0.3) is 0 Å². The zero-order valence-electron chi connectivity index (χ0n) is 16.2. The zero-order valence-corrected chi connectivity index (χ0v) is 16.2. The van der Waals surface area contributed by atoms with E-state index in [2.05, 4.69) is 5.32 Å². The summed E-state index contributed by atoms with van der Waals surface area (Å²) in [5.74, 6) is 0. The maximum atomic E-state index is 5.40. The van der Waals surface area contributed by atoms with Crippen LogP contribution in [-0.4, -0.2) is 113 Å². The summed E-state index contributed by atoms with van der Waals surface area (Å²) in [6, 6.07) is 0. The van der Waals surface area contributed by atoms with Gasteiger partial charge in [-0.05, 0) is 7.05 Å². The smallest absolute Gasteiger partial charge is 0.0701 e. The third-order valence-corrected chi connectivity index (χ3v) is 2.99. The fourth-order valence-corrected chi connectivity index (χ4v) is 1.68. The van der Waals surface area contributed by atoms with Gasteiger partial charge in [-0.1, -0.05) is 0 Å². The third kappa shape index (κ3) is 23.6. The van der Waals surface area contributed by atoms with Crippen molar-refractivity contribution in [3.8, 4) is 0 Å². The van der Waals surface area contributed by atoms with E-state index in [-0.39, 0.29) is 0 Å². The molecule has 0 aliphatic heterocycles. The van der Waals surface area contributed by atoms with Crippen LogP contribution in [0.1, 0.15) is 0 Å². The lowest BCUT2D eigenvalue weighted by Gasteiger charge is -2.08. The van der Waals surface area contributed by atoms with E-state index in [1.165, 1.54) is 0 Å². The van der Waals surface area contributed by atoms with Crippen LogP contribution in [0.4, 0.5) is 0 Å². The highest BCUT2D eigenvalue weighted by Crippen LogP contribution is 1.85. The van der Waals surface area contributed by atoms with Gasteiger partial charge in [-0.25, -0.2) is 0 Å². The highest BCUT2D eigenvalue weighted by Gasteiger charge is 1.94. The second kappa shape index (κ2) is 24.6. The number of hydrogen-bond acceptors (Lipinski definition) is 9. The van der Waals surface area contributed by atoms with Gasteiger partial charge >= 0.3 is 0 Å². The summed E-state index contributed by atoms with van der Waals surface area (Å²) >= 11 is 0. The minimum absolute atomic E-state index is 0.537. The zero-order chi connectivity index (χ0) is 19.0. The van der Waals surface area contributed by atoms with Crippen LogP contribution in [-0.2, 0) is 33.2 Å². The van der Waals surface area contributed by atoms with Gasteiger partial charge in [0, 0.05) is 13.1 Å². The minimum Gasteiger partial charge on any atom is -0.378 e. The minimum atomic E-state index is 0.537. The second-order valence-corrected chi connectivity index (χ2v) is 5.18. The van der Waals surface area contributed by atoms with Crippen LogP contribution in [0.15, 0.2) is 0 Å². The first-order chi connectivity index (χ1) is 12.9. The van der Waals surface area contributed by atoms with Crippen molar-refractivity contribution in [2.75, 3.05) is 113 Å². The van der Waals surface area contributed by atoms with Gasteiger partial charge in [0.1, 0.15) is 0 Å². The molecule has 3 N–H and O–H groups in total. The van der Waals surface area contributed by atoms with Crippen molar-refractivity contribution >= 4 is 0 Å². The van der Waals surface area contributed by atoms with Crippen molar-refractivity contribution in [2.24, 2.45) is 5.73 Å². The molecule has 9 nitrogen and oxygen atoms in total. The molecular formula is C17H38N2O7. The van der Waals surface area contributed by atoms with Gasteiger partial charge in [-0.2, -0.15) is 0 Å². The molecule has 0 saturated carbocycles. The summed E-state index contributed by atoms with van der Waals surface area (Å²) in [7, 11) is 1.90. The van der Waals surface area contributed by atoms with E-state index in [0.29, 0.717) is 99.0 Å². The third-order valence-electron chi connectivity index (χ3n) is 2.99. The molecule has 0 heterocycles. The molecule has 0 radical (unpaired) electrons. The van der Waals surface area contributed by atoms with Gasteiger partial charge in [-0.15, -0.1) is 0 Å². The summed E-state index contributed by atoms with van der Waals surface area (Å²) in [6.07, 6.45) is 0. The predicted octanol–water partition coefficient (Wildman–Crippen LogP) is -0.719. The summed E-state index contributed by atoms with van der Waals surface area (Å²) in [5, 5.41) is 3.01. The molecule has 0 fully saturated rings. The first-order valence-electron chi connectivity index (χ1n) is 9.30. The first-order valence-corrected chi connectivity index (χ1v) is 9.30.